The summed E-state index contributed by atoms with van der Waals surface area (Å²) in [7, 11) is 1.35. The number of rotatable bonds is 9. The van der Waals surface area contributed by atoms with Crippen LogP contribution < -0.4 is 0 Å². The third-order valence-electron chi connectivity index (χ3n) is 5.24. The fourth-order valence-electron chi connectivity index (χ4n) is 3.78. The van der Waals surface area contributed by atoms with Gasteiger partial charge >= 0.3 is 5.97 Å². The van der Waals surface area contributed by atoms with Crippen LogP contribution in [0.3, 0.4) is 0 Å². The molecule has 29 heavy (non-hydrogen) atoms. The summed E-state index contributed by atoms with van der Waals surface area (Å²) in [5.41, 5.74) is 4.86. The minimum atomic E-state index is -0.387. The van der Waals surface area contributed by atoms with Gasteiger partial charge in [0.2, 0.25) is 0 Å². The molecule has 1 aliphatic heterocycles. The van der Waals surface area contributed by atoms with Crippen LogP contribution in [0.2, 0.25) is 0 Å². The van der Waals surface area contributed by atoms with Gasteiger partial charge in [0.25, 0.3) is 0 Å². The van der Waals surface area contributed by atoms with E-state index in [0.29, 0.717) is 24.8 Å². The minimum Gasteiger partial charge on any atom is -0.465 e. The molecule has 1 atom stereocenters. The number of carbonyl (C=O) groups is 2. The van der Waals surface area contributed by atoms with Crippen LogP contribution in [0, 0.1) is 5.92 Å². The summed E-state index contributed by atoms with van der Waals surface area (Å²) < 4.78 is 4.75. The second-order valence-electron chi connectivity index (χ2n) is 7.32. The summed E-state index contributed by atoms with van der Waals surface area (Å²) in [5, 5.41) is 0. The quantitative estimate of drug-likeness (QED) is 0.549. The molecule has 1 heterocycles. The summed E-state index contributed by atoms with van der Waals surface area (Å²) in [6.45, 7) is 2.18. The van der Waals surface area contributed by atoms with E-state index < -0.39 is 0 Å². The maximum Gasteiger partial charge on any atom is 0.337 e. The van der Waals surface area contributed by atoms with E-state index in [9.17, 15) is 9.59 Å². The van der Waals surface area contributed by atoms with Gasteiger partial charge in [-0.1, -0.05) is 55.8 Å². The average molecular weight is 389 g/mol. The SMILES string of the molecule is CCCC1C(c2ccccc2)=CN=C1CCC(=O)Cc1cccc(C(=O)OC)c1. The van der Waals surface area contributed by atoms with Crippen LogP contribution >= 0.6 is 0 Å². The molecule has 0 amide bonds. The molecule has 4 heteroatoms. The predicted octanol–water partition coefficient (Wildman–Crippen LogP) is 5.28. The van der Waals surface area contributed by atoms with Gasteiger partial charge in [0.15, 0.2) is 0 Å². The molecule has 4 nitrogen and oxygen atoms in total. The fourth-order valence-corrected chi connectivity index (χ4v) is 3.78. The first-order chi connectivity index (χ1) is 14.1. The maximum atomic E-state index is 12.5. The number of carbonyl (C=O) groups excluding carboxylic acids is 2. The number of esters is 1. The van der Waals surface area contributed by atoms with E-state index in [-0.39, 0.29) is 17.7 Å². The highest BCUT2D eigenvalue weighted by Gasteiger charge is 2.25. The van der Waals surface area contributed by atoms with Gasteiger partial charge in [-0.25, -0.2) is 4.79 Å². The Morgan fingerprint density at radius 2 is 1.86 bits per heavy atom. The molecule has 0 saturated heterocycles. The highest BCUT2D eigenvalue weighted by atomic mass is 16.5. The van der Waals surface area contributed by atoms with E-state index in [4.69, 9.17) is 4.74 Å². The number of ketones is 1. The van der Waals surface area contributed by atoms with Crippen molar-refractivity contribution in [2.45, 2.75) is 39.0 Å². The first-order valence-corrected chi connectivity index (χ1v) is 10.1. The van der Waals surface area contributed by atoms with Gasteiger partial charge in [-0.15, -0.1) is 0 Å². The Balaban J connectivity index is 1.59. The Hall–Kier alpha value is -3.01. The number of ether oxygens (including phenoxy) is 1. The number of Topliss-reactive ketones (excluding diaryl/α,β-unsaturated/α-hetero) is 1. The zero-order chi connectivity index (χ0) is 20.6. The van der Waals surface area contributed by atoms with Crippen molar-refractivity contribution < 1.29 is 14.3 Å². The van der Waals surface area contributed by atoms with Crippen molar-refractivity contribution in [2.24, 2.45) is 10.9 Å². The van der Waals surface area contributed by atoms with Gasteiger partial charge in [-0.3, -0.25) is 9.79 Å². The molecule has 1 unspecified atom stereocenters. The second kappa shape index (κ2) is 9.97. The number of hydrogen-bond acceptors (Lipinski definition) is 4. The van der Waals surface area contributed by atoms with Crippen LogP contribution in [0.15, 0.2) is 65.8 Å². The molecule has 0 bridgehead atoms. The van der Waals surface area contributed by atoms with E-state index in [0.717, 1.165) is 24.1 Å². The maximum absolute atomic E-state index is 12.5. The third-order valence-corrected chi connectivity index (χ3v) is 5.24. The molecule has 0 aromatic heterocycles. The highest BCUT2D eigenvalue weighted by Crippen LogP contribution is 2.34. The van der Waals surface area contributed by atoms with E-state index in [1.165, 1.54) is 18.2 Å². The Kier molecular flexibility index (Phi) is 7.12. The molecule has 150 valence electrons. The number of benzene rings is 2. The summed E-state index contributed by atoms with van der Waals surface area (Å²) in [6, 6.07) is 17.4. The summed E-state index contributed by atoms with van der Waals surface area (Å²) in [5.74, 6) is 0.0533. The van der Waals surface area contributed by atoms with E-state index in [1.807, 2.05) is 30.5 Å². The molecule has 0 radical (unpaired) electrons. The van der Waals surface area contributed by atoms with Gasteiger partial charge < -0.3 is 4.74 Å². The fraction of sp³-hybridized carbons (Fsp3) is 0.320. The number of nitrogens with zero attached hydrogens (tertiary/aromatic N) is 1. The Morgan fingerprint density at radius 1 is 1.07 bits per heavy atom. The molecule has 0 fully saturated rings. The number of allylic oxidation sites excluding steroid dienone is 1. The summed E-state index contributed by atoms with van der Waals surface area (Å²) in [4.78, 5) is 28.9. The number of aliphatic imine (C=N–C) groups is 1. The number of hydrogen-bond donors (Lipinski definition) is 0. The first-order valence-electron chi connectivity index (χ1n) is 10.1. The zero-order valence-electron chi connectivity index (χ0n) is 17.1. The lowest BCUT2D eigenvalue weighted by Gasteiger charge is -2.17. The summed E-state index contributed by atoms with van der Waals surface area (Å²) in [6.07, 6.45) is 5.52. The summed E-state index contributed by atoms with van der Waals surface area (Å²) >= 11 is 0. The molecular formula is C25H27NO3. The molecule has 2 aromatic rings. The monoisotopic (exact) mass is 389 g/mol. The van der Waals surface area contributed by atoms with Gasteiger partial charge in [-0.2, -0.15) is 0 Å². The molecule has 3 rings (SSSR count). The minimum absolute atomic E-state index is 0.151. The lowest BCUT2D eigenvalue weighted by atomic mass is 9.85. The van der Waals surface area contributed by atoms with Crippen LogP contribution in [-0.2, 0) is 16.0 Å². The van der Waals surface area contributed by atoms with Crippen molar-refractivity contribution >= 4 is 23.0 Å². The largest absolute Gasteiger partial charge is 0.465 e. The van der Waals surface area contributed by atoms with Crippen molar-refractivity contribution in [3.63, 3.8) is 0 Å². The Morgan fingerprint density at radius 3 is 2.59 bits per heavy atom. The van der Waals surface area contributed by atoms with Crippen LogP contribution in [0.4, 0.5) is 0 Å². The van der Waals surface area contributed by atoms with Crippen molar-refractivity contribution in [1.29, 1.82) is 0 Å². The normalized spacial score (nSPS) is 15.6. The van der Waals surface area contributed by atoms with E-state index >= 15 is 0 Å². The topological polar surface area (TPSA) is 55.7 Å². The lowest BCUT2D eigenvalue weighted by molar-refractivity contribution is -0.118. The Labute approximate surface area is 172 Å². The number of methoxy groups -OCH3 is 1. The van der Waals surface area contributed by atoms with Crippen LogP contribution in [0.5, 0.6) is 0 Å². The molecule has 0 spiro atoms. The molecule has 2 aromatic carbocycles. The molecular weight excluding hydrogens is 362 g/mol. The van der Waals surface area contributed by atoms with Crippen molar-refractivity contribution in [2.75, 3.05) is 7.11 Å². The van der Waals surface area contributed by atoms with Crippen LogP contribution in [-0.4, -0.2) is 24.6 Å². The molecule has 1 aliphatic rings. The smallest absolute Gasteiger partial charge is 0.337 e. The zero-order valence-corrected chi connectivity index (χ0v) is 17.1. The van der Waals surface area contributed by atoms with Crippen LogP contribution in [0.25, 0.3) is 5.57 Å². The Bertz CT molecular complexity index is 928. The average Bonchev–Trinajstić information content (AvgIpc) is 3.15. The molecule has 0 saturated carbocycles. The molecule has 0 N–H and O–H groups in total. The van der Waals surface area contributed by atoms with Gasteiger partial charge in [0.1, 0.15) is 5.78 Å². The third kappa shape index (κ3) is 5.29. The van der Waals surface area contributed by atoms with Crippen molar-refractivity contribution in [3.8, 4) is 0 Å². The highest BCUT2D eigenvalue weighted by molar-refractivity contribution is 6.02. The van der Waals surface area contributed by atoms with Crippen molar-refractivity contribution in [1.82, 2.24) is 0 Å². The standard InChI is InChI=1S/C25H27NO3/c1-3-8-22-23(19-10-5-4-6-11-19)17-26-24(22)14-13-21(27)16-18-9-7-12-20(15-18)25(28)29-2/h4-7,9-12,15,17,22H,3,8,13-14,16H2,1-2H3. The van der Waals surface area contributed by atoms with Crippen LogP contribution in [0.1, 0.15) is 54.1 Å². The first kappa shape index (κ1) is 20.7. The van der Waals surface area contributed by atoms with Crippen molar-refractivity contribution in [3.05, 3.63) is 77.5 Å². The second-order valence-corrected chi connectivity index (χ2v) is 7.32. The predicted molar refractivity (Wildman–Crippen MR) is 116 cm³/mol. The molecule has 0 aliphatic carbocycles. The van der Waals surface area contributed by atoms with E-state index in [2.05, 4.69) is 24.0 Å². The lowest BCUT2D eigenvalue weighted by Crippen LogP contribution is -2.15. The van der Waals surface area contributed by atoms with Gasteiger partial charge in [-0.05, 0) is 41.7 Å². The van der Waals surface area contributed by atoms with E-state index in [1.54, 1.807) is 18.2 Å². The van der Waals surface area contributed by atoms with Gasteiger partial charge in [0.05, 0.1) is 12.7 Å². The van der Waals surface area contributed by atoms with Gasteiger partial charge in [0, 0.05) is 30.7 Å².